The van der Waals surface area contributed by atoms with E-state index in [1.54, 1.807) is 6.08 Å². The Morgan fingerprint density at radius 3 is 2.29 bits per heavy atom. The summed E-state index contributed by atoms with van der Waals surface area (Å²) >= 11 is 0. The lowest BCUT2D eigenvalue weighted by Gasteiger charge is -2.10. The van der Waals surface area contributed by atoms with Gasteiger partial charge in [0.25, 0.3) is 5.91 Å². The Morgan fingerprint density at radius 2 is 1.76 bits per heavy atom. The van der Waals surface area contributed by atoms with Gasteiger partial charge in [0.05, 0.1) is 0 Å². The molecule has 0 fully saturated rings. The molecule has 0 aromatic heterocycles. The minimum absolute atomic E-state index is 0.0861. The minimum Gasteiger partial charge on any atom is -0.322 e. The van der Waals surface area contributed by atoms with Crippen molar-refractivity contribution in [3.05, 3.63) is 71.8 Å². The predicted molar refractivity (Wildman–Crippen MR) is 89.6 cm³/mol. The van der Waals surface area contributed by atoms with E-state index < -0.39 is 0 Å². The number of amides is 1. The Morgan fingerprint density at radius 1 is 1.14 bits per heavy atom. The first-order valence-electron chi connectivity index (χ1n) is 7.28. The second-order valence-corrected chi connectivity index (χ2v) is 5.21. The van der Waals surface area contributed by atoms with E-state index >= 15 is 0 Å². The van der Waals surface area contributed by atoms with Crippen LogP contribution >= 0.6 is 0 Å². The highest BCUT2D eigenvalue weighted by atomic mass is 16.1. The fraction of sp³-hybridized carbons (Fsp3) is 0.211. The summed E-state index contributed by atoms with van der Waals surface area (Å²) in [6, 6.07) is 15.4. The van der Waals surface area contributed by atoms with Gasteiger partial charge in [0.1, 0.15) is 0 Å². The fourth-order valence-corrected chi connectivity index (χ4v) is 2.10. The molecule has 1 atom stereocenters. The maximum absolute atomic E-state index is 12.2. The van der Waals surface area contributed by atoms with Crippen LogP contribution in [0.15, 0.2) is 55.1 Å². The van der Waals surface area contributed by atoms with Crippen LogP contribution < -0.4 is 5.32 Å². The zero-order valence-electron chi connectivity index (χ0n) is 12.6. The van der Waals surface area contributed by atoms with Gasteiger partial charge in [0.15, 0.2) is 0 Å². The van der Waals surface area contributed by atoms with Gasteiger partial charge in [-0.1, -0.05) is 50.8 Å². The molecule has 2 aromatic carbocycles. The van der Waals surface area contributed by atoms with Crippen molar-refractivity contribution in [2.75, 3.05) is 5.32 Å². The van der Waals surface area contributed by atoms with Crippen LogP contribution in [0.2, 0.25) is 0 Å². The number of anilines is 1. The Balaban J connectivity index is 2.07. The molecule has 21 heavy (non-hydrogen) atoms. The maximum Gasteiger partial charge on any atom is 0.255 e. The van der Waals surface area contributed by atoms with Crippen molar-refractivity contribution in [3.8, 4) is 0 Å². The molecule has 1 unspecified atom stereocenters. The van der Waals surface area contributed by atoms with Gasteiger partial charge in [-0.25, -0.2) is 0 Å². The standard InChI is InChI=1S/C19H21NO/c1-4-14(3)16-8-10-17(11-9-16)19(21)20-18-12-6-15(5-2)7-13-18/h5-14H,2,4H2,1,3H3,(H,20,21). The van der Waals surface area contributed by atoms with Crippen molar-refractivity contribution in [2.45, 2.75) is 26.2 Å². The molecule has 1 N–H and O–H groups in total. The van der Waals surface area contributed by atoms with Crippen molar-refractivity contribution < 1.29 is 4.79 Å². The van der Waals surface area contributed by atoms with E-state index in [2.05, 4.69) is 25.7 Å². The van der Waals surface area contributed by atoms with Gasteiger partial charge in [-0.05, 0) is 47.7 Å². The molecule has 0 radical (unpaired) electrons. The van der Waals surface area contributed by atoms with Crippen molar-refractivity contribution >= 4 is 17.7 Å². The van der Waals surface area contributed by atoms with Crippen LogP contribution in [0.5, 0.6) is 0 Å². The SMILES string of the molecule is C=Cc1ccc(NC(=O)c2ccc(C(C)CC)cc2)cc1. The molecule has 108 valence electrons. The Bertz CT molecular complexity index is 611. The van der Waals surface area contributed by atoms with Crippen LogP contribution in [-0.2, 0) is 0 Å². The van der Waals surface area contributed by atoms with E-state index in [9.17, 15) is 4.79 Å². The van der Waals surface area contributed by atoms with Gasteiger partial charge in [-0.3, -0.25) is 4.79 Å². The molecule has 1 amide bonds. The van der Waals surface area contributed by atoms with Crippen molar-refractivity contribution in [2.24, 2.45) is 0 Å². The topological polar surface area (TPSA) is 29.1 Å². The Hall–Kier alpha value is -2.35. The normalized spacial score (nSPS) is 11.7. The number of carbonyl (C=O) groups excluding carboxylic acids is 1. The second-order valence-electron chi connectivity index (χ2n) is 5.21. The zero-order chi connectivity index (χ0) is 15.2. The van der Waals surface area contributed by atoms with E-state index in [4.69, 9.17) is 0 Å². The van der Waals surface area contributed by atoms with Gasteiger partial charge in [-0.2, -0.15) is 0 Å². The lowest BCUT2D eigenvalue weighted by Crippen LogP contribution is -2.11. The van der Waals surface area contributed by atoms with Crippen LogP contribution in [0.3, 0.4) is 0 Å². The van der Waals surface area contributed by atoms with Gasteiger partial charge < -0.3 is 5.32 Å². The van der Waals surface area contributed by atoms with E-state index in [-0.39, 0.29) is 5.91 Å². The molecule has 2 rings (SSSR count). The third-order valence-electron chi connectivity index (χ3n) is 3.76. The smallest absolute Gasteiger partial charge is 0.255 e. The number of hydrogen-bond acceptors (Lipinski definition) is 1. The molecule has 0 saturated carbocycles. The van der Waals surface area contributed by atoms with Crippen LogP contribution in [0.25, 0.3) is 6.08 Å². The summed E-state index contributed by atoms with van der Waals surface area (Å²) in [5, 5.41) is 2.90. The van der Waals surface area contributed by atoms with Crippen LogP contribution in [0, 0.1) is 0 Å². The average Bonchev–Trinajstić information content (AvgIpc) is 2.55. The monoisotopic (exact) mass is 279 g/mol. The summed E-state index contributed by atoms with van der Waals surface area (Å²) in [5.74, 6) is 0.436. The first-order chi connectivity index (χ1) is 10.1. The summed E-state index contributed by atoms with van der Waals surface area (Å²) in [4.78, 5) is 12.2. The molecule has 2 heteroatoms. The molecule has 0 aliphatic heterocycles. The molecule has 2 aromatic rings. The second kappa shape index (κ2) is 6.89. The van der Waals surface area contributed by atoms with Gasteiger partial charge in [0.2, 0.25) is 0 Å². The molecular weight excluding hydrogens is 258 g/mol. The zero-order valence-corrected chi connectivity index (χ0v) is 12.6. The predicted octanol–water partition coefficient (Wildman–Crippen LogP) is 5.10. The molecular formula is C19H21NO. The molecule has 0 spiro atoms. The number of benzene rings is 2. The highest BCUT2D eigenvalue weighted by Crippen LogP contribution is 2.19. The third-order valence-corrected chi connectivity index (χ3v) is 3.76. The van der Waals surface area contributed by atoms with Crippen LogP contribution in [0.1, 0.15) is 47.7 Å². The molecule has 0 aliphatic rings. The summed E-state index contributed by atoms with van der Waals surface area (Å²) in [6.45, 7) is 8.07. The van der Waals surface area contributed by atoms with Gasteiger partial charge in [-0.15, -0.1) is 0 Å². The van der Waals surface area contributed by atoms with Crippen LogP contribution in [0.4, 0.5) is 5.69 Å². The van der Waals surface area contributed by atoms with Crippen molar-refractivity contribution in [1.82, 2.24) is 0 Å². The lowest BCUT2D eigenvalue weighted by molar-refractivity contribution is 0.102. The van der Waals surface area contributed by atoms with Gasteiger partial charge in [0, 0.05) is 11.3 Å². The highest BCUT2D eigenvalue weighted by Gasteiger charge is 2.08. The largest absolute Gasteiger partial charge is 0.322 e. The minimum atomic E-state index is -0.0861. The third kappa shape index (κ3) is 3.82. The van der Waals surface area contributed by atoms with E-state index in [1.165, 1.54) is 5.56 Å². The quantitative estimate of drug-likeness (QED) is 0.811. The highest BCUT2D eigenvalue weighted by molar-refractivity contribution is 6.04. The first kappa shape index (κ1) is 15.0. The summed E-state index contributed by atoms with van der Waals surface area (Å²) < 4.78 is 0. The molecule has 0 heterocycles. The van der Waals surface area contributed by atoms with E-state index in [1.807, 2.05) is 48.5 Å². The Kier molecular flexibility index (Phi) is 4.94. The number of rotatable bonds is 5. The Labute approximate surface area is 126 Å². The van der Waals surface area contributed by atoms with Gasteiger partial charge >= 0.3 is 0 Å². The summed E-state index contributed by atoms with van der Waals surface area (Å²) in [6.07, 6.45) is 2.88. The molecule has 0 bridgehead atoms. The van der Waals surface area contributed by atoms with Crippen molar-refractivity contribution in [1.29, 1.82) is 0 Å². The number of hydrogen-bond donors (Lipinski definition) is 1. The van der Waals surface area contributed by atoms with E-state index in [0.717, 1.165) is 17.7 Å². The first-order valence-corrected chi connectivity index (χ1v) is 7.28. The summed E-state index contributed by atoms with van der Waals surface area (Å²) in [5.41, 5.74) is 3.77. The number of carbonyl (C=O) groups is 1. The van der Waals surface area contributed by atoms with Crippen LogP contribution in [-0.4, -0.2) is 5.91 Å². The summed E-state index contributed by atoms with van der Waals surface area (Å²) in [7, 11) is 0. The molecule has 2 nitrogen and oxygen atoms in total. The molecule has 0 aliphatic carbocycles. The molecule has 0 saturated heterocycles. The lowest BCUT2D eigenvalue weighted by atomic mass is 9.97. The number of nitrogens with one attached hydrogen (secondary N) is 1. The van der Waals surface area contributed by atoms with E-state index in [0.29, 0.717) is 11.5 Å². The van der Waals surface area contributed by atoms with Crippen molar-refractivity contribution in [3.63, 3.8) is 0 Å². The average molecular weight is 279 g/mol. The fourth-order valence-electron chi connectivity index (χ4n) is 2.10. The maximum atomic E-state index is 12.2.